The molecule has 2 saturated carbocycles. The highest BCUT2D eigenvalue weighted by molar-refractivity contribution is 4.87. The molecule has 2 aliphatic carbocycles. The van der Waals surface area contributed by atoms with E-state index in [0.29, 0.717) is 12.0 Å². The van der Waals surface area contributed by atoms with Crippen LogP contribution in [0.1, 0.15) is 38.5 Å². The average Bonchev–Trinajstić information content (AvgIpc) is 2.97. The van der Waals surface area contributed by atoms with E-state index < -0.39 is 5.79 Å². The fraction of sp³-hybridized carbons (Fsp3) is 1.00. The quantitative estimate of drug-likeness (QED) is 0.664. The van der Waals surface area contributed by atoms with Crippen LogP contribution in [-0.2, 0) is 9.47 Å². The number of fused-ring (bicyclic) bond motifs is 4. The number of hydrogen-bond donors (Lipinski definition) is 1. The fourth-order valence-corrected chi connectivity index (χ4v) is 3.24. The molecule has 3 nitrogen and oxygen atoms in total. The molecule has 2 aliphatic heterocycles. The molecular weight excluding hydrogens is 192 g/mol. The van der Waals surface area contributed by atoms with Gasteiger partial charge in [-0.3, -0.25) is 0 Å². The van der Waals surface area contributed by atoms with Gasteiger partial charge in [0.25, 0.3) is 0 Å². The van der Waals surface area contributed by atoms with E-state index in [1.807, 2.05) is 0 Å². The van der Waals surface area contributed by atoms with Gasteiger partial charge in [0.15, 0.2) is 5.79 Å². The Labute approximate surface area is 90.8 Å². The van der Waals surface area contributed by atoms with Gasteiger partial charge in [0.1, 0.15) is 0 Å². The van der Waals surface area contributed by atoms with Crippen LogP contribution in [0.3, 0.4) is 0 Å². The van der Waals surface area contributed by atoms with Gasteiger partial charge in [-0.25, -0.2) is 0 Å². The summed E-state index contributed by atoms with van der Waals surface area (Å²) in [6, 6.07) is 0. The number of hydrogen-bond acceptors (Lipinski definition) is 3. The highest BCUT2D eigenvalue weighted by Gasteiger charge is 2.44. The van der Waals surface area contributed by atoms with E-state index in [1.165, 1.54) is 19.3 Å². The van der Waals surface area contributed by atoms with Crippen LogP contribution in [-0.4, -0.2) is 30.2 Å². The molecular formula is C12H20O3. The van der Waals surface area contributed by atoms with E-state index in [2.05, 4.69) is 0 Å². The molecule has 86 valence electrons. The minimum atomic E-state index is -0.690. The maximum Gasteiger partial charge on any atom is 0.165 e. The molecule has 2 heterocycles. The van der Waals surface area contributed by atoms with Crippen molar-refractivity contribution in [2.24, 2.45) is 11.8 Å². The SMILES string of the molecule is C1CC2CC1CO2.OC12CCC(CO1)C2. The maximum atomic E-state index is 9.32. The monoisotopic (exact) mass is 212 g/mol. The van der Waals surface area contributed by atoms with Crippen molar-refractivity contribution in [2.45, 2.75) is 50.4 Å². The molecule has 0 amide bonds. The zero-order valence-corrected chi connectivity index (χ0v) is 9.15. The first kappa shape index (κ1) is 10.1. The third kappa shape index (κ3) is 2.05. The highest BCUT2D eigenvalue weighted by Crippen LogP contribution is 2.41. The third-order valence-electron chi connectivity index (χ3n) is 4.20. The van der Waals surface area contributed by atoms with Gasteiger partial charge in [0.05, 0.1) is 12.7 Å². The van der Waals surface area contributed by atoms with Crippen molar-refractivity contribution in [1.82, 2.24) is 0 Å². The summed E-state index contributed by atoms with van der Waals surface area (Å²) in [7, 11) is 0. The molecule has 1 N–H and O–H groups in total. The summed E-state index contributed by atoms with van der Waals surface area (Å²) in [6.07, 6.45) is 7.71. The van der Waals surface area contributed by atoms with Gasteiger partial charge in [-0.15, -0.1) is 0 Å². The molecule has 4 unspecified atom stereocenters. The maximum absolute atomic E-state index is 9.32. The van der Waals surface area contributed by atoms with Gasteiger partial charge >= 0.3 is 0 Å². The normalized spacial score (nSPS) is 50.6. The zero-order chi connectivity index (χ0) is 10.3. The lowest BCUT2D eigenvalue weighted by Crippen LogP contribution is -2.24. The lowest BCUT2D eigenvalue weighted by Gasteiger charge is -2.18. The largest absolute Gasteiger partial charge is 0.378 e. The summed E-state index contributed by atoms with van der Waals surface area (Å²) < 4.78 is 10.4. The molecule has 0 spiro atoms. The van der Waals surface area contributed by atoms with Crippen molar-refractivity contribution >= 4 is 0 Å². The molecule has 0 aromatic heterocycles. The van der Waals surface area contributed by atoms with Crippen LogP contribution < -0.4 is 0 Å². The van der Waals surface area contributed by atoms with E-state index in [1.54, 1.807) is 0 Å². The summed E-state index contributed by atoms with van der Waals surface area (Å²) in [4.78, 5) is 0. The summed E-state index contributed by atoms with van der Waals surface area (Å²) in [5, 5.41) is 9.32. The van der Waals surface area contributed by atoms with E-state index in [9.17, 15) is 5.11 Å². The van der Waals surface area contributed by atoms with E-state index in [4.69, 9.17) is 9.47 Å². The molecule has 0 aromatic carbocycles. The Morgan fingerprint density at radius 3 is 2.13 bits per heavy atom. The van der Waals surface area contributed by atoms with Crippen LogP contribution >= 0.6 is 0 Å². The van der Waals surface area contributed by atoms with E-state index in [-0.39, 0.29) is 0 Å². The topological polar surface area (TPSA) is 38.7 Å². The van der Waals surface area contributed by atoms with Gasteiger partial charge in [0, 0.05) is 19.4 Å². The van der Waals surface area contributed by atoms with Gasteiger partial charge in [-0.05, 0) is 37.5 Å². The molecule has 3 heteroatoms. The first-order chi connectivity index (χ1) is 7.23. The van der Waals surface area contributed by atoms with Crippen molar-refractivity contribution < 1.29 is 14.6 Å². The second-order valence-electron chi connectivity index (χ2n) is 5.50. The Morgan fingerprint density at radius 2 is 2.00 bits per heavy atom. The van der Waals surface area contributed by atoms with Crippen LogP contribution in [0.5, 0.6) is 0 Å². The summed E-state index contributed by atoms with van der Waals surface area (Å²) in [5.74, 6) is 0.926. The first-order valence-corrected chi connectivity index (χ1v) is 6.21. The molecule has 4 bridgehead atoms. The van der Waals surface area contributed by atoms with E-state index >= 15 is 0 Å². The van der Waals surface area contributed by atoms with Gasteiger partial charge < -0.3 is 14.6 Å². The predicted octanol–water partition coefficient (Wildman–Crippen LogP) is 1.69. The van der Waals surface area contributed by atoms with Gasteiger partial charge in [0.2, 0.25) is 0 Å². The lowest BCUT2D eigenvalue weighted by atomic mass is 10.1. The Balaban J connectivity index is 0.0000000971. The van der Waals surface area contributed by atoms with Crippen LogP contribution in [0, 0.1) is 11.8 Å². The van der Waals surface area contributed by atoms with E-state index in [0.717, 1.165) is 38.4 Å². The van der Waals surface area contributed by atoms with Crippen molar-refractivity contribution in [2.75, 3.05) is 13.2 Å². The van der Waals surface area contributed by atoms with Crippen molar-refractivity contribution in [1.29, 1.82) is 0 Å². The molecule has 2 saturated heterocycles. The van der Waals surface area contributed by atoms with Crippen molar-refractivity contribution in [3.8, 4) is 0 Å². The summed E-state index contributed by atoms with van der Waals surface area (Å²) in [5.41, 5.74) is 0. The molecule has 4 rings (SSSR count). The molecule has 4 atom stereocenters. The molecule has 0 aromatic rings. The van der Waals surface area contributed by atoms with Crippen molar-refractivity contribution in [3.63, 3.8) is 0 Å². The predicted molar refractivity (Wildman–Crippen MR) is 55.3 cm³/mol. The second kappa shape index (κ2) is 3.72. The summed E-state index contributed by atoms with van der Waals surface area (Å²) in [6.45, 7) is 1.85. The number of rotatable bonds is 0. The smallest absolute Gasteiger partial charge is 0.165 e. The Kier molecular flexibility index (Phi) is 2.49. The lowest BCUT2D eigenvalue weighted by molar-refractivity contribution is -0.176. The first-order valence-electron chi connectivity index (χ1n) is 6.21. The summed E-state index contributed by atoms with van der Waals surface area (Å²) >= 11 is 0. The Hall–Kier alpha value is -0.120. The number of aliphatic hydroxyl groups is 1. The fourth-order valence-electron chi connectivity index (χ4n) is 3.24. The molecule has 0 radical (unpaired) electrons. The second-order valence-corrected chi connectivity index (χ2v) is 5.50. The van der Waals surface area contributed by atoms with Crippen LogP contribution in [0.15, 0.2) is 0 Å². The molecule has 4 fully saturated rings. The number of ether oxygens (including phenoxy) is 2. The minimum absolute atomic E-state index is 0.667. The zero-order valence-electron chi connectivity index (χ0n) is 9.15. The standard InChI is InChI=1S/C6H10O2.C6H10O/c7-6-2-1-5(3-6)4-8-6;1-2-6-3-5(1)4-7-6/h5,7H,1-4H2;5-6H,1-4H2. The Morgan fingerprint density at radius 1 is 1.07 bits per heavy atom. The highest BCUT2D eigenvalue weighted by atomic mass is 16.6. The molecule has 4 aliphatic rings. The van der Waals surface area contributed by atoms with Gasteiger partial charge in [-0.2, -0.15) is 0 Å². The molecule has 15 heavy (non-hydrogen) atoms. The van der Waals surface area contributed by atoms with Gasteiger partial charge in [-0.1, -0.05) is 0 Å². The minimum Gasteiger partial charge on any atom is -0.378 e. The van der Waals surface area contributed by atoms with Crippen LogP contribution in [0.2, 0.25) is 0 Å². The third-order valence-corrected chi connectivity index (χ3v) is 4.20. The van der Waals surface area contributed by atoms with Crippen LogP contribution in [0.25, 0.3) is 0 Å². The Bertz CT molecular complexity index is 215. The average molecular weight is 212 g/mol. The van der Waals surface area contributed by atoms with Crippen molar-refractivity contribution in [3.05, 3.63) is 0 Å². The van der Waals surface area contributed by atoms with Crippen LogP contribution in [0.4, 0.5) is 0 Å².